The largest absolute Gasteiger partial charge is 0.494 e. The van der Waals surface area contributed by atoms with Crippen LogP contribution in [0.1, 0.15) is 11.6 Å². The average molecular weight is 298 g/mol. The highest BCUT2D eigenvalue weighted by molar-refractivity contribution is 5.85. The predicted octanol–water partition coefficient (Wildman–Crippen LogP) is 2.67. The van der Waals surface area contributed by atoms with Crippen LogP contribution >= 0.6 is 12.4 Å². The van der Waals surface area contributed by atoms with Crippen LogP contribution in [0, 0.1) is 5.82 Å². The predicted molar refractivity (Wildman–Crippen MR) is 62.4 cm³/mol. The Bertz CT molecular complexity index is 484. The molecule has 1 aliphatic heterocycles. The van der Waals surface area contributed by atoms with Crippen molar-refractivity contribution in [3.8, 4) is 5.75 Å². The number of rotatable bonds is 2. The molecule has 1 aliphatic rings. The Morgan fingerprint density at radius 1 is 1.47 bits per heavy atom. The fraction of sp³-hybridized carbons (Fsp3) is 0.364. The lowest BCUT2D eigenvalue weighted by Crippen LogP contribution is -2.49. The van der Waals surface area contributed by atoms with Gasteiger partial charge in [-0.25, -0.2) is 18.0 Å². The van der Waals surface area contributed by atoms with Crippen molar-refractivity contribution in [3.05, 3.63) is 29.6 Å². The van der Waals surface area contributed by atoms with Gasteiger partial charge in [0.25, 0.3) is 0 Å². The second-order valence-electron chi connectivity index (χ2n) is 3.81. The van der Waals surface area contributed by atoms with E-state index in [1.165, 1.54) is 13.2 Å². The summed E-state index contributed by atoms with van der Waals surface area (Å²) in [6.07, 6.45) is -0.936. The minimum absolute atomic E-state index is 0. The van der Waals surface area contributed by atoms with Crippen LogP contribution in [-0.4, -0.2) is 25.7 Å². The number of nitrogens with one attached hydrogen (secondary N) is 1. The molecule has 0 spiro atoms. The van der Waals surface area contributed by atoms with Crippen molar-refractivity contribution in [2.75, 3.05) is 13.7 Å². The highest BCUT2D eigenvalue weighted by atomic mass is 35.5. The summed E-state index contributed by atoms with van der Waals surface area (Å²) < 4.78 is 49.3. The van der Waals surface area contributed by atoms with Crippen LogP contribution in [0.4, 0.5) is 18.0 Å². The number of carbonyl (C=O) groups is 1. The maximum atomic E-state index is 13.6. The molecule has 1 N–H and O–H groups in total. The van der Waals surface area contributed by atoms with E-state index >= 15 is 0 Å². The van der Waals surface area contributed by atoms with Crippen molar-refractivity contribution in [3.63, 3.8) is 0 Å². The van der Waals surface area contributed by atoms with Gasteiger partial charge in [0.1, 0.15) is 6.04 Å². The summed E-state index contributed by atoms with van der Waals surface area (Å²) in [5, 5.41) is 2.00. The summed E-state index contributed by atoms with van der Waals surface area (Å²) in [6, 6.07) is 1.74. The van der Waals surface area contributed by atoms with Gasteiger partial charge < -0.3 is 14.8 Å². The van der Waals surface area contributed by atoms with Crippen molar-refractivity contribution in [1.29, 1.82) is 0 Å². The lowest BCUT2D eigenvalue weighted by molar-refractivity contribution is -0.104. The number of ether oxygens (including phenoxy) is 2. The molecule has 0 aliphatic carbocycles. The van der Waals surface area contributed by atoms with Gasteiger partial charge in [-0.15, -0.1) is 12.4 Å². The summed E-state index contributed by atoms with van der Waals surface area (Å²) in [7, 11) is 1.23. The van der Waals surface area contributed by atoms with Gasteiger partial charge in [-0.3, -0.25) is 0 Å². The zero-order chi connectivity index (χ0) is 13.3. The van der Waals surface area contributed by atoms with Crippen LogP contribution in [0.25, 0.3) is 0 Å². The van der Waals surface area contributed by atoms with E-state index in [0.29, 0.717) is 0 Å². The van der Waals surface area contributed by atoms with Crippen molar-refractivity contribution < 1.29 is 27.4 Å². The van der Waals surface area contributed by atoms with E-state index in [9.17, 15) is 18.0 Å². The monoisotopic (exact) mass is 297 g/mol. The summed E-state index contributed by atoms with van der Waals surface area (Å²) in [5.74, 6) is -4.09. The number of cyclic esters (lactones) is 1. The number of halogens is 4. The minimum atomic E-state index is -3.27. The maximum Gasteiger partial charge on any atom is 0.408 e. The molecule has 1 aromatic rings. The van der Waals surface area contributed by atoms with Crippen LogP contribution in [0.2, 0.25) is 0 Å². The molecule has 4 nitrogen and oxygen atoms in total. The van der Waals surface area contributed by atoms with E-state index < -0.39 is 30.5 Å². The number of benzene rings is 1. The SMILES string of the molecule is COc1cc([C@@H]2NC(=O)OCC2(F)F)ccc1F.Cl. The number of alkyl halides is 2. The third kappa shape index (κ3) is 3.04. The zero-order valence-electron chi connectivity index (χ0n) is 9.78. The van der Waals surface area contributed by atoms with Gasteiger partial charge in [-0.05, 0) is 17.7 Å². The molecular weight excluding hydrogens is 287 g/mol. The zero-order valence-corrected chi connectivity index (χ0v) is 10.6. The van der Waals surface area contributed by atoms with Crippen molar-refractivity contribution >= 4 is 18.5 Å². The topological polar surface area (TPSA) is 47.6 Å². The van der Waals surface area contributed by atoms with Crippen LogP contribution in [0.15, 0.2) is 18.2 Å². The quantitative estimate of drug-likeness (QED) is 0.913. The molecule has 1 amide bonds. The molecule has 0 bridgehead atoms. The number of hydrogen-bond acceptors (Lipinski definition) is 3. The molecule has 8 heteroatoms. The van der Waals surface area contributed by atoms with E-state index in [1.54, 1.807) is 0 Å². The first-order valence-corrected chi connectivity index (χ1v) is 5.08. The highest BCUT2D eigenvalue weighted by Crippen LogP contribution is 2.36. The van der Waals surface area contributed by atoms with Gasteiger partial charge >= 0.3 is 12.0 Å². The molecule has 1 atom stereocenters. The molecule has 106 valence electrons. The van der Waals surface area contributed by atoms with E-state index in [2.05, 4.69) is 4.74 Å². The summed E-state index contributed by atoms with van der Waals surface area (Å²) in [5.41, 5.74) is 0.0508. The van der Waals surface area contributed by atoms with Gasteiger partial charge in [0, 0.05) is 0 Å². The van der Waals surface area contributed by atoms with Gasteiger partial charge in [0.05, 0.1) is 7.11 Å². The second-order valence-corrected chi connectivity index (χ2v) is 3.81. The highest BCUT2D eigenvalue weighted by Gasteiger charge is 2.46. The molecule has 1 heterocycles. The lowest BCUT2D eigenvalue weighted by Gasteiger charge is -2.31. The first-order valence-electron chi connectivity index (χ1n) is 5.08. The molecule has 2 rings (SSSR count). The molecule has 0 saturated carbocycles. The third-order valence-corrected chi connectivity index (χ3v) is 2.59. The number of carbonyl (C=O) groups excluding carboxylic acids is 1. The van der Waals surface area contributed by atoms with Crippen LogP contribution in [0.5, 0.6) is 5.75 Å². The Morgan fingerprint density at radius 3 is 2.79 bits per heavy atom. The molecular formula is C11H11ClF3NO3. The minimum Gasteiger partial charge on any atom is -0.494 e. The van der Waals surface area contributed by atoms with Crippen molar-refractivity contribution in [2.24, 2.45) is 0 Å². The number of hydrogen-bond donors (Lipinski definition) is 1. The molecule has 0 aromatic heterocycles. The second kappa shape index (κ2) is 5.56. The summed E-state index contributed by atoms with van der Waals surface area (Å²) in [4.78, 5) is 11.0. The van der Waals surface area contributed by atoms with Crippen LogP contribution < -0.4 is 10.1 Å². The Hall–Kier alpha value is -1.63. The van der Waals surface area contributed by atoms with Gasteiger partial charge in [-0.1, -0.05) is 6.07 Å². The first-order chi connectivity index (χ1) is 8.44. The standard InChI is InChI=1S/C11H10F3NO3.ClH/c1-17-8-4-6(2-3-7(8)12)9-11(13,14)5-18-10(16)15-9;/h2-4,9H,5H2,1H3,(H,15,16);1H/t9-;/m0./s1. The Balaban J connectivity index is 0.00000180. The van der Waals surface area contributed by atoms with Gasteiger partial charge in [0.2, 0.25) is 0 Å². The Kier molecular flexibility index (Phi) is 4.52. The summed E-state index contributed by atoms with van der Waals surface area (Å²) >= 11 is 0. The molecule has 1 aromatic carbocycles. The molecule has 19 heavy (non-hydrogen) atoms. The van der Waals surface area contributed by atoms with Gasteiger partial charge in [0.15, 0.2) is 18.2 Å². The van der Waals surface area contributed by atoms with Crippen molar-refractivity contribution in [2.45, 2.75) is 12.0 Å². The molecule has 1 fully saturated rings. The van der Waals surface area contributed by atoms with Crippen molar-refractivity contribution in [1.82, 2.24) is 5.32 Å². The van der Waals surface area contributed by atoms with Crippen LogP contribution in [-0.2, 0) is 4.74 Å². The van der Waals surface area contributed by atoms with E-state index in [1.807, 2.05) is 5.32 Å². The Labute approximate surface area is 113 Å². The smallest absolute Gasteiger partial charge is 0.408 e. The lowest BCUT2D eigenvalue weighted by atomic mass is 10.00. The molecule has 0 unspecified atom stereocenters. The fourth-order valence-corrected chi connectivity index (χ4v) is 1.69. The van der Waals surface area contributed by atoms with E-state index in [0.717, 1.165) is 12.1 Å². The summed E-state index contributed by atoms with van der Waals surface area (Å²) in [6.45, 7) is -1.01. The third-order valence-electron chi connectivity index (χ3n) is 2.59. The fourth-order valence-electron chi connectivity index (χ4n) is 1.69. The number of alkyl carbamates (subject to hydrolysis) is 1. The molecule has 0 radical (unpaired) electrons. The molecule has 1 saturated heterocycles. The van der Waals surface area contributed by atoms with Crippen LogP contribution in [0.3, 0.4) is 0 Å². The normalized spacial score (nSPS) is 20.8. The maximum absolute atomic E-state index is 13.6. The number of amides is 1. The Morgan fingerprint density at radius 2 is 2.16 bits per heavy atom. The van der Waals surface area contributed by atoms with E-state index in [4.69, 9.17) is 4.74 Å². The van der Waals surface area contributed by atoms with Gasteiger partial charge in [-0.2, -0.15) is 0 Å². The van der Waals surface area contributed by atoms with E-state index in [-0.39, 0.29) is 23.7 Å². The first kappa shape index (κ1) is 15.4. The average Bonchev–Trinajstić information content (AvgIpc) is 2.33. The number of methoxy groups -OCH3 is 1.